The Labute approximate surface area is 602 Å². The molecule has 13 aromatic rings. The van der Waals surface area contributed by atoms with Gasteiger partial charge >= 0.3 is 0 Å². The van der Waals surface area contributed by atoms with E-state index in [9.17, 15) is 43.2 Å². The molecule has 492 valence electrons. The van der Waals surface area contributed by atoms with E-state index in [0.717, 1.165) is 31.4 Å². The maximum absolute atomic E-state index is 14.9. The number of anilines is 3. The van der Waals surface area contributed by atoms with Crippen molar-refractivity contribution in [2.24, 2.45) is 0 Å². The van der Waals surface area contributed by atoms with Gasteiger partial charge in [-0.25, -0.2) is 14.7 Å². The second-order valence-electron chi connectivity index (χ2n) is 25.1. The van der Waals surface area contributed by atoms with Gasteiger partial charge in [0.05, 0.1) is 50.4 Å². The third-order valence-electron chi connectivity index (χ3n) is 18.5. The van der Waals surface area contributed by atoms with E-state index >= 15 is 0 Å². The Kier molecular flexibility index (Phi) is 16.8. The van der Waals surface area contributed by atoms with Crippen molar-refractivity contribution in [3.8, 4) is 68.9 Å². The van der Waals surface area contributed by atoms with Crippen molar-refractivity contribution in [3.05, 3.63) is 410 Å². The highest BCUT2D eigenvalue weighted by Gasteiger charge is 2.40. The summed E-state index contributed by atoms with van der Waals surface area (Å²) in [6, 6.07) is 88.7. The molecule has 0 spiro atoms. The fourth-order valence-corrected chi connectivity index (χ4v) is 13.1. The van der Waals surface area contributed by atoms with Gasteiger partial charge in [0.25, 0.3) is 35.4 Å². The average molecular weight is 1350 g/mol. The van der Waals surface area contributed by atoms with Crippen molar-refractivity contribution >= 4 is 69.9 Å². The third kappa shape index (κ3) is 12.6. The largest absolute Gasteiger partial charge is 0.289 e. The van der Waals surface area contributed by atoms with Crippen LogP contribution in [-0.2, 0) is 0 Å². The van der Waals surface area contributed by atoms with Gasteiger partial charge in [-0.2, -0.15) is 0 Å². The fourth-order valence-electron chi connectivity index (χ4n) is 13.1. The van der Waals surface area contributed by atoms with Crippen LogP contribution in [0.15, 0.2) is 309 Å². The number of fused-ring (bicyclic) bond motifs is 3. The van der Waals surface area contributed by atoms with Gasteiger partial charge in [-0.15, -0.1) is 0 Å². The van der Waals surface area contributed by atoms with Gasteiger partial charge in [0.1, 0.15) is 0 Å². The predicted molar refractivity (Wildman–Crippen MR) is 402 cm³/mol. The molecule has 0 unspecified atom stereocenters. The Morgan fingerprint density at radius 1 is 0.190 bits per heavy atom. The quantitative estimate of drug-likeness (QED) is 0.0658. The monoisotopic (exact) mass is 1350 g/mol. The van der Waals surface area contributed by atoms with Gasteiger partial charge < -0.3 is 0 Å². The van der Waals surface area contributed by atoms with Crippen LogP contribution in [0.1, 0.15) is 143 Å². The molecular weight excluding hydrogens is 1300 g/mol. The van der Waals surface area contributed by atoms with Crippen LogP contribution < -0.4 is 14.7 Å². The lowest BCUT2D eigenvalue weighted by Gasteiger charge is -2.15. The minimum atomic E-state index is -0.492. The first-order chi connectivity index (χ1) is 51.2. The molecule has 12 heteroatoms. The number of benzene rings is 13. The summed E-state index contributed by atoms with van der Waals surface area (Å²) in [6.45, 7) is 0. The lowest BCUT2D eigenvalue weighted by atomic mass is 9.91. The zero-order valence-electron chi connectivity index (χ0n) is 55.5. The first-order valence-electron chi connectivity index (χ1n) is 33.5. The van der Waals surface area contributed by atoms with Crippen molar-refractivity contribution in [1.29, 1.82) is 0 Å². The summed E-state index contributed by atoms with van der Waals surface area (Å²) in [6.07, 6.45) is 0. The number of amides is 6. The van der Waals surface area contributed by atoms with E-state index in [0.29, 0.717) is 67.1 Å². The van der Waals surface area contributed by atoms with Crippen LogP contribution in [0, 0.1) is 35.5 Å². The molecule has 16 rings (SSSR count). The summed E-state index contributed by atoms with van der Waals surface area (Å²) in [5.41, 5.74) is 11.6. The maximum Gasteiger partial charge on any atom is 0.266 e. The van der Waals surface area contributed by atoms with E-state index < -0.39 is 52.8 Å². The topological polar surface area (TPSA) is 163 Å². The fraction of sp³-hybridized carbons (Fsp3) is 0. The number of carbonyl (C=O) groups excluding carboxylic acids is 9. The first-order valence-corrected chi connectivity index (χ1v) is 33.5. The van der Waals surface area contributed by atoms with Crippen molar-refractivity contribution in [2.45, 2.75) is 0 Å². The van der Waals surface area contributed by atoms with Crippen molar-refractivity contribution in [2.75, 3.05) is 14.7 Å². The van der Waals surface area contributed by atoms with E-state index in [1.807, 2.05) is 109 Å². The molecule has 0 radical (unpaired) electrons. The summed E-state index contributed by atoms with van der Waals surface area (Å²) in [4.78, 5) is 132. The number of rotatable bonds is 12. The van der Waals surface area contributed by atoms with Crippen molar-refractivity contribution < 1.29 is 43.2 Å². The Morgan fingerprint density at radius 3 is 0.705 bits per heavy atom. The van der Waals surface area contributed by atoms with Crippen molar-refractivity contribution in [3.63, 3.8) is 0 Å². The lowest BCUT2D eigenvalue weighted by Crippen LogP contribution is -2.29. The normalized spacial score (nSPS) is 12.5. The number of nitrogens with zero attached hydrogens (tertiary/aromatic N) is 3. The van der Waals surface area contributed by atoms with Gasteiger partial charge in [0.2, 0.25) is 0 Å². The van der Waals surface area contributed by atoms with Crippen LogP contribution in [0.3, 0.4) is 0 Å². The van der Waals surface area contributed by atoms with Crippen LogP contribution in [-0.4, -0.2) is 52.8 Å². The van der Waals surface area contributed by atoms with Gasteiger partial charge in [0.15, 0.2) is 17.3 Å². The Morgan fingerprint density at radius 2 is 0.438 bits per heavy atom. The summed E-state index contributed by atoms with van der Waals surface area (Å²) in [5.74, 6) is 14.2. The van der Waals surface area contributed by atoms with E-state index in [-0.39, 0.29) is 66.8 Å². The van der Waals surface area contributed by atoms with Crippen LogP contribution >= 0.6 is 0 Å². The highest BCUT2D eigenvalue weighted by Crippen LogP contribution is 2.37. The first kappa shape index (κ1) is 64.6. The molecule has 0 N–H and O–H groups in total. The second kappa shape index (κ2) is 27.2. The smallest absolute Gasteiger partial charge is 0.266 e. The lowest BCUT2D eigenvalue weighted by molar-refractivity contribution is 0.0910. The molecular formula is C93H51N3O9. The zero-order valence-corrected chi connectivity index (χ0v) is 55.5. The van der Waals surface area contributed by atoms with Crippen LogP contribution in [0.4, 0.5) is 17.1 Å². The van der Waals surface area contributed by atoms with Gasteiger partial charge in [-0.05, 0) is 179 Å². The summed E-state index contributed by atoms with van der Waals surface area (Å²) < 4.78 is 0. The molecule has 0 saturated heterocycles. The summed E-state index contributed by atoms with van der Waals surface area (Å²) >= 11 is 0. The molecule has 0 fully saturated rings. The average Bonchev–Trinajstić information content (AvgIpc) is 1.65. The number of hydrogen-bond donors (Lipinski definition) is 0. The van der Waals surface area contributed by atoms with Gasteiger partial charge in [0, 0.05) is 66.8 Å². The second-order valence-corrected chi connectivity index (χ2v) is 25.1. The molecule has 0 bridgehead atoms. The molecule has 0 aliphatic carbocycles. The molecule has 0 atom stereocenters. The van der Waals surface area contributed by atoms with E-state index in [1.165, 1.54) is 18.2 Å². The van der Waals surface area contributed by atoms with Crippen LogP contribution in [0.25, 0.3) is 33.4 Å². The van der Waals surface area contributed by atoms with E-state index in [4.69, 9.17) is 0 Å². The van der Waals surface area contributed by atoms with E-state index in [2.05, 4.69) is 35.5 Å². The SMILES string of the molecule is O=C(c1ccc(-c2cccc(N3C(=O)c4ccc(C#Cc5ccccc5)cc4C3=O)c2)cc1)c1cc(C(=O)c2ccc(-c3cccc(N4C(=O)c5ccc(C#Cc6ccccc6)cc5C4=O)c3)cc2)cc(C(=O)c2ccc(-c3cccc(N4C(=O)c5ccc(C#Cc6ccccc6)cc5C4=O)c3)cc2)c1. The Bertz CT molecular complexity index is 5500. The predicted octanol–water partition coefficient (Wildman–Crippen LogP) is 17.0. The molecule has 12 nitrogen and oxygen atoms in total. The molecule has 0 saturated carbocycles. The highest BCUT2D eigenvalue weighted by molar-refractivity contribution is 6.36. The number of imide groups is 3. The minimum absolute atomic E-state index is 0.0506. The molecule has 3 aliphatic rings. The standard InChI is InChI=1S/C93H51N3O9/c97-85(67-40-34-64(35-41-67)70-19-10-22-76(55-70)94-88(100)79-46-31-61(49-82(79)91(94)103)28-25-58-13-4-1-5-14-58)73-52-74(86(98)68-42-36-65(37-43-68)71-20-11-23-77(56-71)95-89(101)80-47-32-62(50-83(80)92(95)104)29-26-59-15-6-2-7-16-59)54-75(53-73)87(99)69-44-38-66(39-45-69)72-21-12-24-78(57-72)96-90(102)81-48-33-63(51-84(81)93(96)105)30-27-60-17-8-3-9-18-60/h1-24,31-57H. The molecule has 0 aromatic heterocycles. The van der Waals surface area contributed by atoms with E-state index in [1.54, 1.807) is 182 Å². The molecule has 3 aliphatic heterocycles. The minimum Gasteiger partial charge on any atom is -0.289 e. The molecule has 6 amide bonds. The van der Waals surface area contributed by atoms with Gasteiger partial charge in [-0.3, -0.25) is 43.2 Å². The Hall–Kier alpha value is -15.0. The third-order valence-corrected chi connectivity index (χ3v) is 18.5. The van der Waals surface area contributed by atoms with Crippen LogP contribution in [0.2, 0.25) is 0 Å². The number of carbonyl (C=O) groups is 9. The molecule has 105 heavy (non-hydrogen) atoms. The number of ketones is 3. The molecule has 3 heterocycles. The highest BCUT2D eigenvalue weighted by atomic mass is 16.2. The Balaban J connectivity index is 0.668. The summed E-state index contributed by atoms with van der Waals surface area (Å²) in [7, 11) is 0. The zero-order chi connectivity index (χ0) is 71.8. The van der Waals surface area contributed by atoms with Gasteiger partial charge in [-0.1, -0.05) is 199 Å². The summed E-state index contributed by atoms with van der Waals surface area (Å²) in [5, 5.41) is 0. The van der Waals surface area contributed by atoms with Crippen molar-refractivity contribution in [1.82, 2.24) is 0 Å². The maximum atomic E-state index is 14.9. The number of hydrogen-bond acceptors (Lipinski definition) is 9. The molecule has 13 aromatic carbocycles. The van der Waals surface area contributed by atoms with Crippen LogP contribution in [0.5, 0.6) is 0 Å².